The molecule has 0 radical (unpaired) electrons. The average molecular weight is 669 g/mol. The Labute approximate surface area is 276 Å². The zero-order valence-corrected chi connectivity index (χ0v) is 27.4. The minimum atomic E-state index is -1.29. The summed E-state index contributed by atoms with van der Waals surface area (Å²) < 4.78 is 70.7. The van der Waals surface area contributed by atoms with Crippen LogP contribution in [-0.4, -0.2) is 99.0 Å². The molecule has 6 atom stereocenters. The molecule has 1 unspecified atom stereocenters. The van der Waals surface area contributed by atoms with Crippen LogP contribution in [0.4, 0.5) is 0 Å². The Morgan fingerprint density at radius 2 is 1.12 bits per heavy atom. The lowest BCUT2D eigenvalue weighted by Crippen LogP contribution is -2.64. The van der Waals surface area contributed by atoms with Crippen LogP contribution >= 0.6 is 0 Å². The molecule has 3 heterocycles. The molecule has 0 N–H and O–H groups in total. The standard InChI is InChI=1S/C34H36O14/c1-37-19-13-17-22(27(41-5)24(19)39-3)23-18(14-20(38-2)25(40-4)28(23)42-6)32(36)47-30-29(46-31(17)35)26-21(45-34(30)43-7)15-44-33(48-26)16-11-9-8-10-12-16/h8-14,21,26,29-30,33-34H,15H2,1-7H3/t21-,26-,29+,30-,33?,34+/m1/s1. The normalized spacial score (nSPS) is 24.7. The van der Waals surface area contributed by atoms with Crippen LogP contribution < -0.4 is 28.4 Å². The van der Waals surface area contributed by atoms with Crippen molar-refractivity contribution in [2.24, 2.45) is 0 Å². The first-order valence-electron chi connectivity index (χ1n) is 14.9. The number of hydrogen-bond donors (Lipinski definition) is 0. The van der Waals surface area contributed by atoms with Crippen LogP contribution in [0.1, 0.15) is 32.6 Å². The molecule has 0 saturated carbocycles. The highest BCUT2D eigenvalue weighted by atomic mass is 16.8. The minimum Gasteiger partial charge on any atom is -0.493 e. The number of hydrogen-bond acceptors (Lipinski definition) is 14. The third kappa shape index (κ3) is 5.49. The number of ether oxygens (including phenoxy) is 12. The van der Waals surface area contributed by atoms with E-state index in [-0.39, 0.29) is 63.4 Å². The van der Waals surface area contributed by atoms with Gasteiger partial charge in [-0.25, -0.2) is 9.59 Å². The smallest absolute Gasteiger partial charge is 0.339 e. The lowest BCUT2D eigenvalue weighted by Gasteiger charge is -2.48. The van der Waals surface area contributed by atoms with Gasteiger partial charge in [-0.2, -0.15) is 0 Å². The first kappa shape index (κ1) is 33.2. The Morgan fingerprint density at radius 1 is 0.604 bits per heavy atom. The molecular formula is C34H36O14. The molecule has 3 aromatic rings. The second kappa shape index (κ2) is 13.8. The van der Waals surface area contributed by atoms with Crippen LogP contribution in [-0.2, 0) is 28.4 Å². The summed E-state index contributed by atoms with van der Waals surface area (Å²) in [6.07, 6.45) is -6.20. The van der Waals surface area contributed by atoms with Gasteiger partial charge in [-0.05, 0) is 12.1 Å². The molecule has 3 aromatic carbocycles. The molecule has 6 rings (SSSR count). The molecule has 14 heteroatoms. The van der Waals surface area contributed by atoms with Gasteiger partial charge in [0.1, 0.15) is 12.2 Å². The van der Waals surface area contributed by atoms with Crippen LogP contribution in [0, 0.1) is 0 Å². The number of benzene rings is 3. The second-order valence-corrected chi connectivity index (χ2v) is 10.8. The molecule has 0 aliphatic carbocycles. The lowest BCUT2D eigenvalue weighted by molar-refractivity contribution is -0.356. The Morgan fingerprint density at radius 3 is 1.60 bits per heavy atom. The van der Waals surface area contributed by atoms with Gasteiger partial charge >= 0.3 is 11.9 Å². The van der Waals surface area contributed by atoms with E-state index in [2.05, 4.69) is 0 Å². The van der Waals surface area contributed by atoms with Crippen molar-refractivity contribution in [1.82, 2.24) is 0 Å². The van der Waals surface area contributed by atoms with E-state index in [0.717, 1.165) is 5.56 Å². The van der Waals surface area contributed by atoms with Crippen molar-refractivity contribution >= 4 is 11.9 Å². The van der Waals surface area contributed by atoms with E-state index in [4.69, 9.17) is 56.8 Å². The molecule has 3 aliphatic heterocycles. The average Bonchev–Trinajstić information content (AvgIpc) is 3.13. The van der Waals surface area contributed by atoms with Crippen molar-refractivity contribution in [3.05, 3.63) is 59.2 Å². The zero-order chi connectivity index (χ0) is 34.1. The maximum Gasteiger partial charge on any atom is 0.339 e. The van der Waals surface area contributed by atoms with E-state index in [1.807, 2.05) is 30.3 Å². The van der Waals surface area contributed by atoms with E-state index in [1.165, 1.54) is 61.9 Å². The van der Waals surface area contributed by atoms with E-state index in [9.17, 15) is 9.59 Å². The van der Waals surface area contributed by atoms with E-state index >= 15 is 0 Å². The maximum atomic E-state index is 14.5. The van der Waals surface area contributed by atoms with Crippen molar-refractivity contribution in [2.45, 2.75) is 37.0 Å². The Bertz CT molecular complexity index is 1670. The summed E-state index contributed by atoms with van der Waals surface area (Å²) in [6, 6.07) is 12.1. The summed E-state index contributed by atoms with van der Waals surface area (Å²) in [6.45, 7) is 0.0747. The molecule has 0 bridgehead atoms. The predicted octanol–water partition coefficient (Wildman–Crippen LogP) is 3.96. The van der Waals surface area contributed by atoms with Gasteiger partial charge in [0.2, 0.25) is 11.5 Å². The number of carbonyl (C=O) groups excluding carboxylic acids is 2. The second-order valence-electron chi connectivity index (χ2n) is 10.8. The Kier molecular flexibility index (Phi) is 9.51. The third-order valence-electron chi connectivity index (χ3n) is 8.42. The minimum absolute atomic E-state index is 0.0437. The first-order chi connectivity index (χ1) is 23.3. The van der Waals surface area contributed by atoms with Gasteiger partial charge in [-0.15, -0.1) is 0 Å². The van der Waals surface area contributed by atoms with Gasteiger partial charge in [-0.3, -0.25) is 0 Å². The van der Waals surface area contributed by atoms with Crippen LogP contribution in [0.2, 0.25) is 0 Å². The van der Waals surface area contributed by atoms with Crippen molar-refractivity contribution in [2.75, 3.05) is 56.4 Å². The SMILES string of the molecule is COc1cc2c(c(OC)c1OC)-c1c(cc(OC)c(OC)c1OC)C(=O)O[C@H]1[C@@H](OC)O[C@@H]3COC(c4ccccc4)O[C@H]3[C@@H]1OC2=O. The van der Waals surface area contributed by atoms with E-state index in [1.54, 1.807) is 0 Å². The van der Waals surface area contributed by atoms with E-state index in [0.29, 0.717) is 0 Å². The number of methoxy groups -OCH3 is 7. The predicted molar refractivity (Wildman–Crippen MR) is 165 cm³/mol. The van der Waals surface area contributed by atoms with Crippen molar-refractivity contribution < 1.29 is 66.4 Å². The van der Waals surface area contributed by atoms with Crippen LogP contribution in [0.3, 0.4) is 0 Å². The maximum absolute atomic E-state index is 14.5. The molecule has 48 heavy (non-hydrogen) atoms. The van der Waals surface area contributed by atoms with Crippen molar-refractivity contribution in [1.29, 1.82) is 0 Å². The molecule has 2 saturated heterocycles. The van der Waals surface area contributed by atoms with Crippen molar-refractivity contribution in [3.8, 4) is 45.6 Å². The molecule has 3 aliphatic rings. The van der Waals surface area contributed by atoms with Gasteiger partial charge in [0.25, 0.3) is 0 Å². The summed E-state index contributed by atoms with van der Waals surface area (Å²) in [4.78, 5) is 28.9. The van der Waals surface area contributed by atoms with Crippen LogP contribution in [0.15, 0.2) is 42.5 Å². The number of fused-ring (bicyclic) bond motifs is 6. The van der Waals surface area contributed by atoms with Gasteiger partial charge in [0.15, 0.2) is 47.8 Å². The molecule has 2 fully saturated rings. The van der Waals surface area contributed by atoms with Crippen molar-refractivity contribution in [3.63, 3.8) is 0 Å². The fourth-order valence-corrected chi connectivity index (χ4v) is 6.28. The Hall–Kier alpha value is -4.76. The third-order valence-corrected chi connectivity index (χ3v) is 8.42. The Balaban J connectivity index is 1.60. The molecule has 0 amide bonds. The highest BCUT2D eigenvalue weighted by molar-refractivity contribution is 6.09. The largest absolute Gasteiger partial charge is 0.493 e. The number of esters is 2. The quantitative estimate of drug-likeness (QED) is 0.319. The summed E-state index contributed by atoms with van der Waals surface area (Å²) in [5.74, 6) is -0.996. The van der Waals surface area contributed by atoms with Gasteiger partial charge in [0, 0.05) is 23.8 Å². The first-order valence-corrected chi connectivity index (χ1v) is 14.9. The summed E-state index contributed by atoms with van der Waals surface area (Å²) in [7, 11) is 9.79. The van der Waals surface area contributed by atoms with Gasteiger partial charge < -0.3 is 56.8 Å². The number of carbonyl (C=O) groups is 2. The van der Waals surface area contributed by atoms with Gasteiger partial charge in [0.05, 0.1) is 60.4 Å². The summed E-state index contributed by atoms with van der Waals surface area (Å²) in [5.41, 5.74) is 0.798. The summed E-state index contributed by atoms with van der Waals surface area (Å²) in [5, 5.41) is 0. The summed E-state index contributed by atoms with van der Waals surface area (Å²) >= 11 is 0. The lowest BCUT2D eigenvalue weighted by atomic mass is 9.90. The van der Waals surface area contributed by atoms with Gasteiger partial charge in [-0.1, -0.05) is 30.3 Å². The monoisotopic (exact) mass is 668 g/mol. The number of rotatable bonds is 8. The molecule has 0 aromatic heterocycles. The fourth-order valence-electron chi connectivity index (χ4n) is 6.28. The molecule has 256 valence electrons. The van der Waals surface area contributed by atoms with Crippen LogP contribution in [0.25, 0.3) is 11.1 Å². The highest BCUT2D eigenvalue weighted by Gasteiger charge is 2.55. The zero-order valence-electron chi connectivity index (χ0n) is 27.4. The van der Waals surface area contributed by atoms with Crippen LogP contribution in [0.5, 0.6) is 34.5 Å². The highest BCUT2D eigenvalue weighted by Crippen LogP contribution is 2.55. The molecular weight excluding hydrogens is 632 g/mol. The molecule has 14 nitrogen and oxygen atoms in total. The fraction of sp³-hybridized carbons (Fsp3) is 0.412. The topological polar surface area (TPSA) is 145 Å². The molecule has 0 spiro atoms. The van der Waals surface area contributed by atoms with E-state index < -0.39 is 48.9 Å².